The van der Waals surface area contributed by atoms with Crippen LogP contribution in [0.2, 0.25) is 0 Å². The minimum Gasteiger partial charge on any atom is -0.361 e. The maximum absolute atomic E-state index is 13.2. The number of para-hydroxylation sites is 1. The van der Waals surface area contributed by atoms with Crippen LogP contribution in [-0.4, -0.2) is 11.1 Å². The predicted molar refractivity (Wildman–Crippen MR) is 77.1 cm³/mol. The maximum Gasteiger partial charge on any atom is 0.418 e. The lowest BCUT2D eigenvalue weighted by Crippen LogP contribution is -2.33. The number of rotatable bonds is 2. The zero-order valence-corrected chi connectivity index (χ0v) is 12.8. The van der Waals surface area contributed by atoms with E-state index >= 15 is 0 Å². The van der Waals surface area contributed by atoms with E-state index < -0.39 is 23.1 Å². The highest BCUT2D eigenvalue weighted by Gasteiger charge is 2.47. The molecule has 4 nitrogen and oxygen atoms in total. The molecule has 0 aliphatic carbocycles. The molecule has 1 aliphatic heterocycles. The number of anilines is 1. The average molecular weight is 324 g/mol. The van der Waals surface area contributed by atoms with Crippen molar-refractivity contribution in [3.8, 4) is 0 Å². The summed E-state index contributed by atoms with van der Waals surface area (Å²) in [4.78, 5) is 12.5. The van der Waals surface area contributed by atoms with Gasteiger partial charge in [0.2, 0.25) is 5.91 Å². The van der Waals surface area contributed by atoms with Crippen LogP contribution in [0.5, 0.6) is 0 Å². The van der Waals surface area contributed by atoms with Crippen molar-refractivity contribution in [1.29, 1.82) is 0 Å². The molecular weight excluding hydrogens is 309 g/mol. The van der Waals surface area contributed by atoms with E-state index in [1.54, 1.807) is 26.8 Å². The molecule has 0 fully saturated rings. The Bertz CT molecular complexity index is 776. The smallest absolute Gasteiger partial charge is 0.361 e. The Morgan fingerprint density at radius 1 is 1.30 bits per heavy atom. The van der Waals surface area contributed by atoms with Crippen molar-refractivity contribution in [2.45, 2.75) is 38.8 Å². The van der Waals surface area contributed by atoms with Gasteiger partial charge in [-0.1, -0.05) is 17.3 Å². The molecule has 1 unspecified atom stereocenters. The van der Waals surface area contributed by atoms with E-state index in [1.165, 1.54) is 6.07 Å². The minimum atomic E-state index is -4.52. The van der Waals surface area contributed by atoms with E-state index in [0.29, 0.717) is 17.0 Å². The highest BCUT2D eigenvalue weighted by atomic mass is 19.4. The Balaban J connectivity index is 2.12. The van der Waals surface area contributed by atoms with Crippen molar-refractivity contribution < 1.29 is 22.5 Å². The second-order valence-electron chi connectivity index (χ2n) is 5.99. The quantitative estimate of drug-likeness (QED) is 0.915. The molecule has 2 heterocycles. The van der Waals surface area contributed by atoms with Crippen LogP contribution in [0.1, 0.15) is 35.1 Å². The summed E-state index contributed by atoms with van der Waals surface area (Å²) < 4.78 is 44.5. The van der Waals surface area contributed by atoms with Crippen LogP contribution in [-0.2, 0) is 22.8 Å². The lowest BCUT2D eigenvalue weighted by atomic mass is 9.77. The number of halogens is 3. The summed E-state index contributed by atoms with van der Waals surface area (Å²) in [5.74, 6) is 0.112. The van der Waals surface area contributed by atoms with E-state index in [0.717, 1.165) is 11.6 Å². The topological polar surface area (TPSA) is 55.1 Å². The number of hydrogen-bond donors (Lipinski definition) is 1. The van der Waals surface area contributed by atoms with Crippen LogP contribution in [0.3, 0.4) is 0 Å². The largest absolute Gasteiger partial charge is 0.418 e. The van der Waals surface area contributed by atoms with Crippen LogP contribution in [0, 0.1) is 13.8 Å². The molecule has 1 aromatic carbocycles. The molecule has 0 spiro atoms. The molecule has 0 saturated carbocycles. The van der Waals surface area contributed by atoms with Crippen molar-refractivity contribution in [1.82, 2.24) is 5.16 Å². The Labute approximate surface area is 130 Å². The third-order valence-corrected chi connectivity index (χ3v) is 4.42. The van der Waals surface area contributed by atoms with Gasteiger partial charge in [-0.25, -0.2) is 0 Å². The average Bonchev–Trinajstić information content (AvgIpc) is 2.90. The Morgan fingerprint density at radius 2 is 2.00 bits per heavy atom. The Kier molecular flexibility index (Phi) is 3.28. The highest BCUT2D eigenvalue weighted by Crippen LogP contribution is 2.46. The van der Waals surface area contributed by atoms with Crippen LogP contribution in [0.15, 0.2) is 22.7 Å². The van der Waals surface area contributed by atoms with E-state index in [9.17, 15) is 18.0 Å². The minimum absolute atomic E-state index is 0.153. The number of carbonyl (C=O) groups is 1. The van der Waals surface area contributed by atoms with Gasteiger partial charge in [0.05, 0.1) is 22.4 Å². The summed E-state index contributed by atoms with van der Waals surface area (Å²) in [6, 6.07) is 3.86. The molecule has 7 heteroatoms. The van der Waals surface area contributed by atoms with Crippen LogP contribution < -0.4 is 5.32 Å². The summed E-state index contributed by atoms with van der Waals surface area (Å²) in [5.41, 5.74) is -0.357. The molecule has 23 heavy (non-hydrogen) atoms. The lowest BCUT2D eigenvalue weighted by molar-refractivity contribution is -0.136. The van der Waals surface area contributed by atoms with Crippen LogP contribution in [0.4, 0.5) is 18.9 Å². The fraction of sp³-hybridized carbons (Fsp3) is 0.375. The summed E-state index contributed by atoms with van der Waals surface area (Å²) in [6.07, 6.45) is -4.29. The Hall–Kier alpha value is -2.31. The summed E-state index contributed by atoms with van der Waals surface area (Å²) in [5, 5.41) is 6.24. The zero-order chi connectivity index (χ0) is 17.0. The van der Waals surface area contributed by atoms with Crippen molar-refractivity contribution >= 4 is 11.6 Å². The SMILES string of the molecule is Cc1noc(C)c1CC1(C)C(=O)Nc2c(C(F)(F)F)cccc21. The van der Waals surface area contributed by atoms with Gasteiger partial charge in [0.1, 0.15) is 5.76 Å². The van der Waals surface area contributed by atoms with Crippen molar-refractivity contribution in [3.05, 3.63) is 46.3 Å². The van der Waals surface area contributed by atoms with E-state index in [-0.39, 0.29) is 12.1 Å². The number of hydrogen-bond acceptors (Lipinski definition) is 3. The molecule has 1 atom stereocenters. The second-order valence-corrected chi connectivity index (χ2v) is 5.99. The lowest BCUT2D eigenvalue weighted by Gasteiger charge is -2.22. The fourth-order valence-corrected chi connectivity index (χ4v) is 3.04. The third kappa shape index (κ3) is 2.31. The van der Waals surface area contributed by atoms with Gasteiger partial charge in [0, 0.05) is 5.56 Å². The number of carbonyl (C=O) groups excluding carboxylic acids is 1. The van der Waals surface area contributed by atoms with Gasteiger partial charge in [-0.3, -0.25) is 4.79 Å². The van der Waals surface area contributed by atoms with Crippen LogP contribution in [0.25, 0.3) is 0 Å². The van der Waals surface area contributed by atoms with Crippen molar-refractivity contribution in [3.63, 3.8) is 0 Å². The number of aromatic nitrogens is 1. The van der Waals surface area contributed by atoms with Crippen LogP contribution >= 0.6 is 0 Å². The molecular formula is C16H15F3N2O2. The first kappa shape index (κ1) is 15.6. The van der Waals surface area contributed by atoms with Gasteiger partial charge in [-0.05, 0) is 38.8 Å². The number of benzene rings is 1. The molecule has 1 aromatic heterocycles. The summed E-state index contributed by atoms with van der Waals surface area (Å²) in [7, 11) is 0. The molecule has 0 saturated heterocycles. The van der Waals surface area contributed by atoms with Gasteiger partial charge in [0.25, 0.3) is 0 Å². The normalized spacial score (nSPS) is 20.5. The van der Waals surface area contributed by atoms with Gasteiger partial charge < -0.3 is 9.84 Å². The van der Waals surface area contributed by atoms with E-state index in [4.69, 9.17) is 4.52 Å². The monoisotopic (exact) mass is 324 g/mol. The zero-order valence-electron chi connectivity index (χ0n) is 12.8. The fourth-order valence-electron chi connectivity index (χ4n) is 3.04. The number of fused-ring (bicyclic) bond motifs is 1. The van der Waals surface area contributed by atoms with E-state index in [1.807, 2.05) is 0 Å². The summed E-state index contributed by atoms with van der Waals surface area (Å²) >= 11 is 0. The van der Waals surface area contributed by atoms with Gasteiger partial charge in [-0.2, -0.15) is 13.2 Å². The molecule has 1 amide bonds. The maximum atomic E-state index is 13.2. The predicted octanol–water partition coefficient (Wildman–Crippen LogP) is 3.76. The van der Waals surface area contributed by atoms with Crippen molar-refractivity contribution in [2.24, 2.45) is 0 Å². The van der Waals surface area contributed by atoms with Gasteiger partial charge in [0.15, 0.2) is 0 Å². The Morgan fingerprint density at radius 3 is 2.57 bits per heavy atom. The first-order chi connectivity index (χ1) is 10.6. The molecule has 0 radical (unpaired) electrons. The van der Waals surface area contributed by atoms with E-state index in [2.05, 4.69) is 10.5 Å². The summed E-state index contributed by atoms with van der Waals surface area (Å²) in [6.45, 7) is 5.11. The number of alkyl halides is 3. The first-order valence-corrected chi connectivity index (χ1v) is 7.08. The first-order valence-electron chi connectivity index (χ1n) is 7.08. The molecule has 1 aliphatic rings. The number of nitrogens with one attached hydrogen (secondary N) is 1. The van der Waals surface area contributed by atoms with Crippen molar-refractivity contribution in [2.75, 3.05) is 5.32 Å². The molecule has 3 rings (SSSR count). The highest BCUT2D eigenvalue weighted by molar-refractivity contribution is 6.07. The standard InChI is InChI=1S/C16H15F3N2O2/c1-8-10(9(2)23-21-8)7-15(3)11-5-4-6-12(16(17,18)19)13(11)20-14(15)22/h4-6H,7H2,1-3H3,(H,20,22). The molecule has 0 bridgehead atoms. The number of amides is 1. The van der Waals surface area contributed by atoms with Gasteiger partial charge >= 0.3 is 6.18 Å². The second kappa shape index (κ2) is 4.84. The third-order valence-electron chi connectivity index (χ3n) is 4.42. The molecule has 122 valence electrons. The van der Waals surface area contributed by atoms with Gasteiger partial charge in [-0.15, -0.1) is 0 Å². The number of aryl methyl sites for hydroxylation is 2. The molecule has 1 N–H and O–H groups in total. The molecule has 2 aromatic rings. The number of nitrogens with zero attached hydrogens (tertiary/aromatic N) is 1.